The molecule has 0 spiro atoms. The van der Waals surface area contributed by atoms with Gasteiger partial charge in [-0.1, -0.05) is 31.7 Å². The number of aliphatic imine (C=N–C) groups is 1. The third kappa shape index (κ3) is 7.76. The molecule has 0 atom stereocenters. The summed E-state index contributed by atoms with van der Waals surface area (Å²) in [7, 11) is 1.77. The maximum absolute atomic E-state index is 3.82. The van der Waals surface area contributed by atoms with E-state index in [9.17, 15) is 0 Å². The van der Waals surface area contributed by atoms with Crippen LogP contribution >= 0.6 is 11.8 Å². The van der Waals surface area contributed by atoms with Crippen LogP contribution in [0, 0.1) is 5.92 Å². The van der Waals surface area contributed by atoms with Gasteiger partial charge >= 0.3 is 0 Å². The molecule has 0 saturated heterocycles. The van der Waals surface area contributed by atoms with E-state index in [4.69, 9.17) is 0 Å². The normalized spacial score (nSPS) is 12.4. The lowest BCUT2D eigenvalue weighted by atomic mass is 10.2. The summed E-state index contributed by atoms with van der Waals surface area (Å²) in [5.41, 5.74) is 1.82. The van der Waals surface area contributed by atoms with Gasteiger partial charge in [-0.25, -0.2) is 0 Å². The van der Waals surface area contributed by atoms with E-state index in [0.29, 0.717) is 5.92 Å². The van der Waals surface area contributed by atoms with Gasteiger partial charge in [-0.2, -0.15) is 0 Å². The molecule has 52 valence electrons. The molecule has 0 aromatic carbocycles. The Morgan fingerprint density at radius 1 is 1.44 bits per heavy atom. The molecular formula is C7H13NS. The fraction of sp³-hybridized carbons (Fsp3) is 0.571. The number of rotatable bonds is 3. The van der Waals surface area contributed by atoms with Crippen molar-refractivity contribution < 1.29 is 0 Å². The zero-order chi connectivity index (χ0) is 7.11. The average molecular weight is 143 g/mol. The fourth-order valence-electron chi connectivity index (χ4n) is 0.298. The molecule has 0 saturated carbocycles. The minimum Gasteiger partial charge on any atom is -0.289 e. The van der Waals surface area contributed by atoms with Gasteiger partial charge in [-0.3, -0.25) is 4.99 Å². The van der Waals surface area contributed by atoms with Gasteiger partial charge < -0.3 is 0 Å². The number of hydrogen-bond acceptors (Lipinski definition) is 2. The van der Waals surface area contributed by atoms with Gasteiger partial charge in [0.1, 0.15) is 0 Å². The minimum atomic E-state index is 0.641. The molecule has 0 aliphatic heterocycles. The lowest BCUT2D eigenvalue weighted by Crippen LogP contribution is -1.74. The summed E-state index contributed by atoms with van der Waals surface area (Å²) in [6.07, 6.45) is 2.15. The van der Waals surface area contributed by atoms with Crippen molar-refractivity contribution in [3.05, 3.63) is 11.5 Å². The van der Waals surface area contributed by atoms with E-state index in [1.54, 1.807) is 18.8 Å². The third-order valence-corrected chi connectivity index (χ3v) is 1.36. The van der Waals surface area contributed by atoms with Crippen LogP contribution in [-0.2, 0) is 0 Å². The van der Waals surface area contributed by atoms with Gasteiger partial charge in [0, 0.05) is 7.05 Å². The second kappa shape index (κ2) is 5.89. The molecule has 0 fully saturated rings. The highest BCUT2D eigenvalue weighted by atomic mass is 32.2. The maximum atomic E-state index is 3.82. The first-order valence-corrected chi connectivity index (χ1v) is 3.94. The Hall–Kier alpha value is -0.240. The summed E-state index contributed by atoms with van der Waals surface area (Å²) in [4.78, 5) is 3.82. The van der Waals surface area contributed by atoms with Crippen LogP contribution in [0.1, 0.15) is 13.8 Å². The largest absolute Gasteiger partial charge is 0.289 e. The monoisotopic (exact) mass is 143 g/mol. The highest BCUT2D eigenvalue weighted by Gasteiger charge is 1.80. The van der Waals surface area contributed by atoms with Crippen LogP contribution in [0.3, 0.4) is 0 Å². The fourth-order valence-corrected chi connectivity index (χ4v) is 0.895. The topological polar surface area (TPSA) is 12.4 Å². The van der Waals surface area contributed by atoms with Gasteiger partial charge in [0.25, 0.3) is 0 Å². The molecule has 0 bridgehead atoms. The Morgan fingerprint density at radius 3 is 2.56 bits per heavy atom. The molecule has 0 aliphatic rings. The molecule has 0 radical (unpaired) electrons. The van der Waals surface area contributed by atoms with Crippen LogP contribution in [0.4, 0.5) is 0 Å². The van der Waals surface area contributed by atoms with Gasteiger partial charge in [0.05, 0.1) is 5.55 Å². The summed E-state index contributed by atoms with van der Waals surface area (Å²) in [6, 6.07) is 0. The predicted molar refractivity (Wildman–Crippen MR) is 46.0 cm³/mol. The lowest BCUT2D eigenvalue weighted by molar-refractivity contribution is 0.834. The third-order valence-electron chi connectivity index (χ3n) is 0.708. The molecule has 9 heavy (non-hydrogen) atoms. The first-order chi connectivity index (χ1) is 4.27. The Labute approximate surface area is 61.3 Å². The Morgan fingerprint density at radius 2 is 2.11 bits per heavy atom. The highest BCUT2D eigenvalue weighted by Crippen LogP contribution is 2.01. The summed E-state index contributed by atoms with van der Waals surface area (Å²) in [6.45, 7) is 4.31. The minimum absolute atomic E-state index is 0.641. The number of thioether (sulfide) groups is 1. The number of allylic oxidation sites excluding steroid dienone is 1. The highest BCUT2D eigenvalue weighted by molar-refractivity contribution is 8.14. The zero-order valence-corrected chi connectivity index (χ0v) is 6.98. The van der Waals surface area contributed by atoms with Crippen molar-refractivity contribution in [3.8, 4) is 0 Å². The molecule has 0 aromatic rings. The van der Waals surface area contributed by atoms with Crippen molar-refractivity contribution in [2.45, 2.75) is 13.8 Å². The van der Waals surface area contributed by atoms with Crippen molar-refractivity contribution in [1.82, 2.24) is 0 Å². The summed E-state index contributed by atoms with van der Waals surface area (Å²) in [5.74, 6) is 0.641. The van der Waals surface area contributed by atoms with E-state index in [2.05, 4.69) is 30.3 Å². The smallest absolute Gasteiger partial charge is 0.0579 e. The molecule has 0 aliphatic carbocycles. The average Bonchev–Trinajstić information content (AvgIpc) is 1.80. The Kier molecular flexibility index (Phi) is 5.73. The van der Waals surface area contributed by atoms with Crippen molar-refractivity contribution in [2.75, 3.05) is 7.05 Å². The summed E-state index contributed by atoms with van der Waals surface area (Å²) < 4.78 is 0. The number of hydrogen-bond donors (Lipinski definition) is 0. The van der Waals surface area contributed by atoms with Crippen molar-refractivity contribution >= 4 is 17.3 Å². The van der Waals surface area contributed by atoms with E-state index in [1.165, 1.54) is 0 Å². The first kappa shape index (κ1) is 8.76. The second-order valence-corrected chi connectivity index (χ2v) is 2.83. The van der Waals surface area contributed by atoms with Gasteiger partial charge in [-0.05, 0) is 11.3 Å². The molecule has 0 N–H and O–H groups in total. The van der Waals surface area contributed by atoms with E-state index in [-0.39, 0.29) is 0 Å². The molecular weight excluding hydrogens is 130 g/mol. The van der Waals surface area contributed by atoms with E-state index in [0.717, 1.165) is 0 Å². The molecule has 0 heterocycles. The molecule has 0 amide bonds. The number of nitrogens with zero attached hydrogens (tertiary/aromatic N) is 1. The molecule has 0 rings (SSSR count). The van der Waals surface area contributed by atoms with Crippen LogP contribution in [0.25, 0.3) is 0 Å². The second-order valence-electron chi connectivity index (χ2n) is 2.07. The molecule has 2 heteroatoms. The van der Waals surface area contributed by atoms with Crippen LogP contribution in [0.15, 0.2) is 16.5 Å². The molecule has 0 aromatic heterocycles. The Balaban J connectivity index is 3.25. The Bertz CT molecular complexity index is 105. The standard InChI is InChI=1S/C7H13NS/c1-7(2)4-5-9-6-8-3/h4-7H,1-3H3/b5-4+,8-6?. The molecule has 1 nitrogen and oxygen atoms in total. The van der Waals surface area contributed by atoms with E-state index >= 15 is 0 Å². The zero-order valence-electron chi connectivity index (χ0n) is 6.16. The SMILES string of the molecule is CN=CS/C=C/C(C)C. The van der Waals surface area contributed by atoms with Crippen LogP contribution in [-0.4, -0.2) is 12.6 Å². The quantitative estimate of drug-likeness (QED) is 0.437. The first-order valence-electron chi connectivity index (χ1n) is 3.00. The van der Waals surface area contributed by atoms with Crippen molar-refractivity contribution in [2.24, 2.45) is 10.9 Å². The van der Waals surface area contributed by atoms with Crippen molar-refractivity contribution in [3.63, 3.8) is 0 Å². The van der Waals surface area contributed by atoms with E-state index < -0.39 is 0 Å². The van der Waals surface area contributed by atoms with Gasteiger partial charge in [0.2, 0.25) is 0 Å². The predicted octanol–water partition coefficient (Wildman–Crippen LogP) is 2.55. The maximum Gasteiger partial charge on any atom is 0.0579 e. The van der Waals surface area contributed by atoms with Crippen LogP contribution in [0.2, 0.25) is 0 Å². The molecule has 0 unspecified atom stereocenters. The van der Waals surface area contributed by atoms with Gasteiger partial charge in [0.15, 0.2) is 0 Å². The van der Waals surface area contributed by atoms with Crippen LogP contribution in [0.5, 0.6) is 0 Å². The summed E-state index contributed by atoms with van der Waals surface area (Å²) >= 11 is 1.61. The lowest BCUT2D eigenvalue weighted by Gasteiger charge is -1.89. The summed E-state index contributed by atoms with van der Waals surface area (Å²) in [5, 5.41) is 2.05. The van der Waals surface area contributed by atoms with E-state index in [1.807, 2.05) is 5.55 Å². The van der Waals surface area contributed by atoms with Crippen LogP contribution < -0.4 is 0 Å². The van der Waals surface area contributed by atoms with Crippen molar-refractivity contribution in [1.29, 1.82) is 0 Å². The van der Waals surface area contributed by atoms with Gasteiger partial charge in [-0.15, -0.1) is 0 Å².